The number of carbonyl (C=O) groups is 1. The lowest BCUT2D eigenvalue weighted by molar-refractivity contribution is -0.123. The van der Waals surface area contributed by atoms with Gasteiger partial charge in [0.2, 0.25) is 0 Å². The molecule has 0 unspecified atom stereocenters. The number of hydrogen-bond acceptors (Lipinski definition) is 5. The minimum Gasteiger partial charge on any atom is -0.484 e. The van der Waals surface area contributed by atoms with Gasteiger partial charge in [-0.25, -0.2) is 14.3 Å². The molecule has 0 aliphatic rings. The van der Waals surface area contributed by atoms with Gasteiger partial charge in [-0.2, -0.15) is 0 Å². The highest BCUT2D eigenvalue weighted by Gasteiger charge is 2.15. The summed E-state index contributed by atoms with van der Waals surface area (Å²) in [5.74, 6) is 4.74. The van der Waals surface area contributed by atoms with Gasteiger partial charge in [0.25, 0.3) is 15.9 Å². The number of halogens is 2. The normalized spacial score (nSPS) is 11.0. The molecule has 2 aromatic rings. The standard InChI is InChI=1S/C14H13Cl2N3O4S/c15-9-5-10(16)7-11(6-9)19-24(21,22)13-3-1-12(2-4-13)23-8-14(20)18-17/h1-7,19H,8,17H2,(H,18,20). The van der Waals surface area contributed by atoms with Crippen molar-refractivity contribution >= 4 is 44.8 Å². The van der Waals surface area contributed by atoms with Crippen LogP contribution in [0.3, 0.4) is 0 Å². The molecule has 0 fully saturated rings. The van der Waals surface area contributed by atoms with Gasteiger partial charge < -0.3 is 4.74 Å². The number of sulfonamides is 1. The Hall–Kier alpha value is -2.00. The van der Waals surface area contributed by atoms with Crippen LogP contribution in [0.5, 0.6) is 5.75 Å². The highest BCUT2D eigenvalue weighted by atomic mass is 35.5. The number of nitrogens with one attached hydrogen (secondary N) is 2. The van der Waals surface area contributed by atoms with Crippen molar-refractivity contribution in [2.45, 2.75) is 4.90 Å². The Morgan fingerprint density at radius 3 is 2.21 bits per heavy atom. The summed E-state index contributed by atoms with van der Waals surface area (Å²) in [6.45, 7) is -0.276. The molecule has 0 saturated carbocycles. The van der Waals surface area contributed by atoms with Gasteiger partial charge in [-0.05, 0) is 42.5 Å². The smallest absolute Gasteiger partial charge is 0.271 e. The molecule has 0 radical (unpaired) electrons. The lowest BCUT2D eigenvalue weighted by Gasteiger charge is -2.10. The zero-order chi connectivity index (χ0) is 17.7. The van der Waals surface area contributed by atoms with E-state index in [1.807, 2.05) is 5.43 Å². The van der Waals surface area contributed by atoms with Crippen LogP contribution < -0.4 is 20.7 Å². The van der Waals surface area contributed by atoms with Gasteiger partial charge in [-0.3, -0.25) is 14.9 Å². The monoisotopic (exact) mass is 389 g/mol. The molecular weight excluding hydrogens is 377 g/mol. The summed E-state index contributed by atoms with van der Waals surface area (Å²) in [4.78, 5) is 11.0. The number of hydrazine groups is 1. The van der Waals surface area contributed by atoms with Gasteiger partial charge in [0.15, 0.2) is 6.61 Å². The minimum atomic E-state index is -3.82. The van der Waals surface area contributed by atoms with E-state index in [2.05, 4.69) is 4.72 Å². The highest BCUT2D eigenvalue weighted by molar-refractivity contribution is 7.92. The number of nitrogens with two attached hydrogens (primary N) is 1. The zero-order valence-electron chi connectivity index (χ0n) is 12.1. The Kier molecular flexibility index (Phi) is 5.89. The third-order valence-corrected chi connectivity index (χ3v) is 4.61. The van der Waals surface area contributed by atoms with Crippen LogP contribution in [0.15, 0.2) is 47.4 Å². The van der Waals surface area contributed by atoms with Crippen LogP contribution in [0, 0.1) is 0 Å². The molecule has 0 aliphatic heterocycles. The van der Waals surface area contributed by atoms with E-state index >= 15 is 0 Å². The SMILES string of the molecule is NNC(=O)COc1ccc(S(=O)(=O)Nc2cc(Cl)cc(Cl)c2)cc1. The van der Waals surface area contributed by atoms with Crippen LogP contribution in [0.4, 0.5) is 5.69 Å². The number of benzene rings is 2. The van der Waals surface area contributed by atoms with Crippen molar-refractivity contribution in [3.63, 3.8) is 0 Å². The van der Waals surface area contributed by atoms with Gasteiger partial charge in [0.1, 0.15) is 5.75 Å². The van der Waals surface area contributed by atoms with Crippen LogP contribution in [-0.2, 0) is 14.8 Å². The molecule has 1 amide bonds. The maximum absolute atomic E-state index is 12.3. The minimum absolute atomic E-state index is 0.00854. The van der Waals surface area contributed by atoms with Crippen molar-refractivity contribution in [2.75, 3.05) is 11.3 Å². The number of ether oxygens (including phenoxy) is 1. The van der Waals surface area contributed by atoms with Gasteiger partial charge in [0.05, 0.1) is 10.6 Å². The third kappa shape index (κ3) is 5.00. The Bertz CT molecular complexity index is 821. The average molecular weight is 390 g/mol. The quantitative estimate of drug-likeness (QED) is 0.398. The largest absolute Gasteiger partial charge is 0.484 e. The number of carbonyl (C=O) groups excluding carboxylic acids is 1. The van der Waals surface area contributed by atoms with Crippen LogP contribution in [0.2, 0.25) is 10.0 Å². The molecule has 7 nitrogen and oxygen atoms in total. The van der Waals surface area contributed by atoms with Crippen molar-refractivity contribution in [1.29, 1.82) is 0 Å². The van der Waals surface area contributed by atoms with E-state index in [0.29, 0.717) is 15.8 Å². The average Bonchev–Trinajstić information content (AvgIpc) is 2.51. The fraction of sp³-hybridized carbons (Fsp3) is 0.0714. The maximum atomic E-state index is 12.3. The Balaban J connectivity index is 2.13. The molecule has 10 heteroatoms. The molecular formula is C14H13Cl2N3O4S. The zero-order valence-corrected chi connectivity index (χ0v) is 14.5. The van der Waals surface area contributed by atoms with Crippen LogP contribution >= 0.6 is 23.2 Å². The summed E-state index contributed by atoms with van der Waals surface area (Å²) in [5.41, 5.74) is 2.16. The predicted octanol–water partition coefficient (Wildman–Crippen LogP) is 2.16. The number of anilines is 1. The summed E-state index contributed by atoms with van der Waals surface area (Å²) in [6, 6.07) is 9.88. The number of rotatable bonds is 6. The van der Waals surface area contributed by atoms with E-state index in [-0.39, 0.29) is 17.2 Å². The number of amides is 1. The van der Waals surface area contributed by atoms with Gasteiger partial charge in [-0.15, -0.1) is 0 Å². The molecule has 128 valence electrons. The van der Waals surface area contributed by atoms with Crippen molar-refractivity contribution < 1.29 is 17.9 Å². The second-order valence-electron chi connectivity index (χ2n) is 4.59. The van der Waals surface area contributed by atoms with E-state index in [4.69, 9.17) is 33.8 Å². The molecule has 4 N–H and O–H groups in total. The first-order chi connectivity index (χ1) is 11.3. The fourth-order valence-electron chi connectivity index (χ4n) is 1.73. The third-order valence-electron chi connectivity index (χ3n) is 2.78. The molecule has 0 aliphatic carbocycles. The lowest BCUT2D eigenvalue weighted by Crippen LogP contribution is -2.34. The van der Waals surface area contributed by atoms with Crippen molar-refractivity contribution in [3.05, 3.63) is 52.5 Å². The van der Waals surface area contributed by atoms with Gasteiger partial charge in [-0.1, -0.05) is 23.2 Å². The van der Waals surface area contributed by atoms with Crippen LogP contribution in [0.1, 0.15) is 0 Å². The van der Waals surface area contributed by atoms with Crippen molar-refractivity contribution in [1.82, 2.24) is 5.43 Å². The van der Waals surface area contributed by atoms with Gasteiger partial charge >= 0.3 is 0 Å². The first kappa shape index (κ1) is 18.3. The fourth-order valence-corrected chi connectivity index (χ4v) is 3.30. The van der Waals surface area contributed by atoms with E-state index in [1.54, 1.807) is 0 Å². The second-order valence-corrected chi connectivity index (χ2v) is 7.15. The maximum Gasteiger partial charge on any atom is 0.271 e. The Morgan fingerprint density at radius 2 is 1.67 bits per heavy atom. The molecule has 0 heterocycles. The first-order valence-electron chi connectivity index (χ1n) is 6.51. The van der Waals surface area contributed by atoms with Crippen LogP contribution in [0.25, 0.3) is 0 Å². The second kappa shape index (κ2) is 7.71. The summed E-state index contributed by atoms with van der Waals surface area (Å²) in [7, 11) is -3.82. The van der Waals surface area contributed by atoms with Crippen LogP contribution in [-0.4, -0.2) is 20.9 Å². The molecule has 2 aromatic carbocycles. The molecule has 0 atom stereocenters. The van der Waals surface area contributed by atoms with E-state index < -0.39 is 15.9 Å². The molecule has 2 rings (SSSR count). The molecule has 0 bridgehead atoms. The molecule has 24 heavy (non-hydrogen) atoms. The summed E-state index contributed by atoms with van der Waals surface area (Å²) in [5, 5.41) is 0.615. The molecule has 0 spiro atoms. The summed E-state index contributed by atoms with van der Waals surface area (Å²) in [6.07, 6.45) is 0. The van der Waals surface area contributed by atoms with E-state index in [9.17, 15) is 13.2 Å². The number of hydrogen-bond donors (Lipinski definition) is 3. The molecule has 0 aromatic heterocycles. The first-order valence-corrected chi connectivity index (χ1v) is 8.75. The summed E-state index contributed by atoms with van der Waals surface area (Å²) < 4.78 is 32.2. The summed E-state index contributed by atoms with van der Waals surface area (Å²) >= 11 is 11.7. The lowest BCUT2D eigenvalue weighted by atomic mass is 10.3. The van der Waals surface area contributed by atoms with Crippen molar-refractivity contribution in [3.8, 4) is 5.75 Å². The molecule has 0 saturated heterocycles. The Labute approximate surface area is 148 Å². The Morgan fingerprint density at radius 1 is 1.08 bits per heavy atom. The predicted molar refractivity (Wildman–Crippen MR) is 91.5 cm³/mol. The topological polar surface area (TPSA) is 111 Å². The van der Waals surface area contributed by atoms with E-state index in [1.165, 1.54) is 42.5 Å². The van der Waals surface area contributed by atoms with Gasteiger partial charge in [0, 0.05) is 10.0 Å². The van der Waals surface area contributed by atoms with E-state index in [0.717, 1.165) is 0 Å². The highest BCUT2D eigenvalue weighted by Crippen LogP contribution is 2.25. The van der Waals surface area contributed by atoms with Crippen molar-refractivity contribution in [2.24, 2.45) is 5.84 Å².